The molecule has 1 aliphatic rings. The fraction of sp³-hybridized carbons (Fsp3) is 0.526. The Balaban J connectivity index is 1.94. The lowest BCUT2D eigenvalue weighted by Gasteiger charge is -2.46. The van der Waals surface area contributed by atoms with E-state index in [9.17, 15) is 14.4 Å². The van der Waals surface area contributed by atoms with Crippen LogP contribution in [0, 0.1) is 5.41 Å². The van der Waals surface area contributed by atoms with E-state index >= 15 is 0 Å². The van der Waals surface area contributed by atoms with E-state index in [1.807, 2.05) is 30.3 Å². The molecule has 1 fully saturated rings. The van der Waals surface area contributed by atoms with Crippen LogP contribution in [0.5, 0.6) is 0 Å². The summed E-state index contributed by atoms with van der Waals surface area (Å²) in [5, 5.41) is 2.45. The average Bonchev–Trinajstić information content (AvgIpc) is 2.66. The number of ether oxygens (including phenoxy) is 2. The number of esters is 1. The second kappa shape index (κ2) is 8.31. The molecule has 1 saturated carbocycles. The number of Topliss-reactive ketones (excluding diaryl/α,β-unsaturated/α-hetero) is 1. The highest BCUT2D eigenvalue weighted by atomic mass is 16.5. The van der Waals surface area contributed by atoms with Crippen molar-refractivity contribution in [3.63, 3.8) is 0 Å². The molecule has 0 aromatic heterocycles. The molecular formula is C19H26N2O5. The molecule has 0 heterocycles. The molecule has 1 aromatic carbocycles. The molecule has 0 saturated heterocycles. The van der Waals surface area contributed by atoms with Gasteiger partial charge in [0.15, 0.2) is 5.78 Å². The maximum Gasteiger partial charge on any atom is 0.407 e. The van der Waals surface area contributed by atoms with E-state index in [2.05, 4.69) is 5.32 Å². The minimum atomic E-state index is -1.38. The topological polar surface area (TPSA) is 108 Å². The quantitative estimate of drug-likeness (QED) is 0.749. The first-order chi connectivity index (χ1) is 12.3. The number of hydrogen-bond acceptors (Lipinski definition) is 6. The van der Waals surface area contributed by atoms with Crippen molar-refractivity contribution in [2.45, 2.75) is 44.8 Å². The number of ketones is 1. The van der Waals surface area contributed by atoms with Gasteiger partial charge in [-0.2, -0.15) is 0 Å². The first kappa shape index (κ1) is 19.9. The summed E-state index contributed by atoms with van der Waals surface area (Å²) >= 11 is 0. The Morgan fingerprint density at radius 1 is 1.15 bits per heavy atom. The molecule has 2 atom stereocenters. The van der Waals surface area contributed by atoms with Crippen LogP contribution in [0.15, 0.2) is 30.3 Å². The predicted octanol–water partition coefficient (Wildman–Crippen LogP) is 1.93. The van der Waals surface area contributed by atoms with Crippen molar-refractivity contribution in [1.82, 2.24) is 5.32 Å². The molecule has 0 aliphatic heterocycles. The van der Waals surface area contributed by atoms with Gasteiger partial charge in [0.05, 0.1) is 19.1 Å². The first-order valence-electron chi connectivity index (χ1n) is 8.68. The Morgan fingerprint density at radius 2 is 1.81 bits per heavy atom. The summed E-state index contributed by atoms with van der Waals surface area (Å²) in [6.45, 7) is 1.53. The van der Waals surface area contributed by atoms with E-state index in [-0.39, 0.29) is 18.9 Å². The molecule has 0 radical (unpaired) electrons. The molecule has 142 valence electrons. The maximum atomic E-state index is 12.8. The Morgan fingerprint density at radius 3 is 2.46 bits per heavy atom. The smallest absolute Gasteiger partial charge is 0.407 e. The van der Waals surface area contributed by atoms with Crippen molar-refractivity contribution < 1.29 is 23.9 Å². The lowest BCUT2D eigenvalue weighted by Crippen LogP contribution is -2.65. The van der Waals surface area contributed by atoms with E-state index in [0.29, 0.717) is 12.8 Å². The van der Waals surface area contributed by atoms with Gasteiger partial charge in [-0.05, 0) is 18.4 Å². The van der Waals surface area contributed by atoms with E-state index in [1.165, 1.54) is 7.11 Å². The molecular weight excluding hydrogens is 336 g/mol. The summed E-state index contributed by atoms with van der Waals surface area (Å²) in [4.78, 5) is 36.8. The third kappa shape index (κ3) is 4.04. The van der Waals surface area contributed by atoms with Crippen LogP contribution < -0.4 is 11.1 Å². The van der Waals surface area contributed by atoms with Gasteiger partial charge in [0.1, 0.15) is 12.1 Å². The summed E-state index contributed by atoms with van der Waals surface area (Å²) in [6, 6.07) is 9.23. The molecule has 0 bridgehead atoms. The van der Waals surface area contributed by atoms with Crippen molar-refractivity contribution in [2.75, 3.05) is 13.7 Å². The van der Waals surface area contributed by atoms with Gasteiger partial charge in [0.25, 0.3) is 0 Å². The normalized spacial score (nSPS) is 25.2. The molecule has 2 rings (SSSR count). The number of benzene rings is 1. The van der Waals surface area contributed by atoms with Crippen LogP contribution in [0.4, 0.5) is 4.79 Å². The fourth-order valence-electron chi connectivity index (χ4n) is 3.40. The molecule has 1 amide bonds. The molecule has 7 heteroatoms. The van der Waals surface area contributed by atoms with Crippen LogP contribution in [0.1, 0.15) is 38.2 Å². The fourth-order valence-corrected chi connectivity index (χ4v) is 3.40. The lowest BCUT2D eigenvalue weighted by molar-refractivity contribution is -0.159. The van der Waals surface area contributed by atoms with Gasteiger partial charge in [0, 0.05) is 0 Å². The Bertz CT molecular complexity index is 663. The summed E-state index contributed by atoms with van der Waals surface area (Å²) in [5.41, 5.74) is 4.67. The SMILES string of the molecule is COC(=O)C1(N)CCCCC1(C)C(=O)CNC(=O)OCc1ccccc1. The van der Waals surface area contributed by atoms with Crippen LogP contribution >= 0.6 is 0 Å². The molecule has 0 spiro atoms. The van der Waals surface area contributed by atoms with Gasteiger partial charge < -0.3 is 20.5 Å². The molecule has 7 nitrogen and oxygen atoms in total. The molecule has 26 heavy (non-hydrogen) atoms. The number of carbonyl (C=O) groups is 3. The van der Waals surface area contributed by atoms with E-state index < -0.39 is 23.0 Å². The summed E-state index contributed by atoms with van der Waals surface area (Å²) in [6.07, 6.45) is 1.69. The highest BCUT2D eigenvalue weighted by Crippen LogP contribution is 2.44. The van der Waals surface area contributed by atoms with Gasteiger partial charge in [-0.25, -0.2) is 4.79 Å². The zero-order valence-electron chi connectivity index (χ0n) is 15.2. The van der Waals surface area contributed by atoms with Crippen molar-refractivity contribution in [1.29, 1.82) is 0 Å². The van der Waals surface area contributed by atoms with Gasteiger partial charge in [-0.15, -0.1) is 0 Å². The summed E-state index contributed by atoms with van der Waals surface area (Å²) in [7, 11) is 1.26. The lowest BCUT2D eigenvalue weighted by atomic mass is 9.60. The second-order valence-electron chi connectivity index (χ2n) is 6.84. The van der Waals surface area contributed by atoms with Crippen LogP contribution in [0.2, 0.25) is 0 Å². The minimum absolute atomic E-state index is 0.112. The Kier molecular flexibility index (Phi) is 6.37. The first-order valence-corrected chi connectivity index (χ1v) is 8.68. The van der Waals surface area contributed by atoms with Crippen LogP contribution in [-0.2, 0) is 25.7 Å². The zero-order chi connectivity index (χ0) is 19.2. The average molecular weight is 362 g/mol. The van der Waals surface area contributed by atoms with Gasteiger partial charge in [0.2, 0.25) is 0 Å². The highest BCUT2D eigenvalue weighted by Gasteiger charge is 2.56. The van der Waals surface area contributed by atoms with Gasteiger partial charge in [-0.3, -0.25) is 9.59 Å². The monoisotopic (exact) mass is 362 g/mol. The maximum absolute atomic E-state index is 12.8. The number of methoxy groups -OCH3 is 1. The third-order valence-corrected chi connectivity index (χ3v) is 5.25. The highest BCUT2D eigenvalue weighted by molar-refractivity contribution is 5.96. The molecule has 2 unspecified atom stereocenters. The van der Waals surface area contributed by atoms with Gasteiger partial charge in [-0.1, -0.05) is 50.1 Å². The number of alkyl carbamates (subject to hydrolysis) is 1. The minimum Gasteiger partial charge on any atom is -0.468 e. The molecule has 3 N–H and O–H groups in total. The summed E-state index contributed by atoms with van der Waals surface area (Å²) in [5.74, 6) is -0.901. The number of carbonyl (C=O) groups excluding carboxylic acids is 3. The van der Waals surface area contributed by atoms with Crippen LogP contribution in [0.3, 0.4) is 0 Å². The molecule has 1 aromatic rings. The predicted molar refractivity (Wildman–Crippen MR) is 95.1 cm³/mol. The standard InChI is InChI=1S/C19H26N2O5/c1-18(10-6-7-11-19(18,20)16(23)25-2)15(22)12-21-17(24)26-13-14-8-4-3-5-9-14/h3-5,8-9H,6-7,10-13,20H2,1-2H3,(H,21,24). The van der Waals surface area contributed by atoms with Crippen molar-refractivity contribution in [3.8, 4) is 0 Å². The van der Waals surface area contributed by atoms with Crippen molar-refractivity contribution in [3.05, 3.63) is 35.9 Å². The zero-order valence-corrected chi connectivity index (χ0v) is 15.2. The largest absolute Gasteiger partial charge is 0.468 e. The number of nitrogens with one attached hydrogen (secondary N) is 1. The number of rotatable bonds is 6. The third-order valence-electron chi connectivity index (χ3n) is 5.25. The second-order valence-corrected chi connectivity index (χ2v) is 6.84. The Hall–Kier alpha value is -2.41. The van der Waals surface area contributed by atoms with Gasteiger partial charge >= 0.3 is 12.1 Å². The van der Waals surface area contributed by atoms with E-state index in [1.54, 1.807) is 6.92 Å². The van der Waals surface area contributed by atoms with Crippen LogP contribution in [0.25, 0.3) is 0 Å². The number of amides is 1. The van der Waals surface area contributed by atoms with Crippen molar-refractivity contribution in [2.24, 2.45) is 11.1 Å². The Labute approximate surface area is 153 Å². The van der Waals surface area contributed by atoms with Crippen LogP contribution in [-0.4, -0.2) is 37.0 Å². The molecule has 1 aliphatic carbocycles. The summed E-state index contributed by atoms with van der Waals surface area (Å²) < 4.78 is 9.92. The van der Waals surface area contributed by atoms with Crippen molar-refractivity contribution >= 4 is 17.8 Å². The number of nitrogens with two attached hydrogens (primary N) is 1. The van der Waals surface area contributed by atoms with E-state index in [0.717, 1.165) is 18.4 Å². The van der Waals surface area contributed by atoms with E-state index in [4.69, 9.17) is 15.2 Å². The number of hydrogen-bond donors (Lipinski definition) is 2.